The van der Waals surface area contributed by atoms with E-state index in [4.69, 9.17) is 4.74 Å². The van der Waals surface area contributed by atoms with Gasteiger partial charge in [0.25, 0.3) is 0 Å². The van der Waals surface area contributed by atoms with Crippen molar-refractivity contribution >= 4 is 15.9 Å². The summed E-state index contributed by atoms with van der Waals surface area (Å²) >= 11 is 3.66. The fourth-order valence-corrected chi connectivity index (χ4v) is 3.20. The van der Waals surface area contributed by atoms with E-state index in [0.29, 0.717) is 6.04 Å². The zero-order valence-corrected chi connectivity index (χ0v) is 12.4. The molecule has 2 nitrogen and oxygen atoms in total. The molecule has 3 heteroatoms. The van der Waals surface area contributed by atoms with E-state index in [1.165, 1.54) is 21.2 Å². The van der Waals surface area contributed by atoms with Crippen LogP contribution in [0.3, 0.4) is 0 Å². The molecule has 1 unspecified atom stereocenters. The van der Waals surface area contributed by atoms with Gasteiger partial charge in [-0.15, -0.1) is 0 Å². The molecular weight excluding hydrogens is 302 g/mol. The molecule has 0 saturated heterocycles. The highest BCUT2D eigenvalue weighted by atomic mass is 79.9. The number of halogens is 1. The predicted molar refractivity (Wildman–Crippen MR) is 80.4 cm³/mol. The van der Waals surface area contributed by atoms with Crippen LogP contribution in [0.5, 0.6) is 5.75 Å². The van der Waals surface area contributed by atoms with Crippen LogP contribution in [0, 0.1) is 0 Å². The minimum absolute atomic E-state index is 0.372. The first-order valence-corrected chi connectivity index (χ1v) is 7.21. The van der Waals surface area contributed by atoms with Gasteiger partial charge in [-0.05, 0) is 29.7 Å². The molecule has 0 aromatic heterocycles. The number of hydrogen-bond acceptors (Lipinski definition) is 2. The number of rotatable bonds is 2. The van der Waals surface area contributed by atoms with Crippen LogP contribution in [-0.4, -0.2) is 7.11 Å². The minimum Gasteiger partial charge on any atom is -0.496 e. The van der Waals surface area contributed by atoms with Crippen LogP contribution >= 0.6 is 15.9 Å². The Balaban J connectivity index is 1.96. The Morgan fingerprint density at radius 1 is 1.11 bits per heavy atom. The summed E-state index contributed by atoms with van der Waals surface area (Å²) in [6, 6.07) is 15.1. The molecule has 1 aliphatic rings. The number of fused-ring (bicyclic) bond motifs is 1. The highest BCUT2D eigenvalue weighted by Gasteiger charge is 2.23. The largest absolute Gasteiger partial charge is 0.496 e. The van der Waals surface area contributed by atoms with Crippen molar-refractivity contribution in [2.24, 2.45) is 0 Å². The van der Waals surface area contributed by atoms with Gasteiger partial charge in [-0.2, -0.15) is 0 Å². The lowest BCUT2D eigenvalue weighted by Gasteiger charge is -2.28. The zero-order valence-electron chi connectivity index (χ0n) is 10.8. The summed E-state index contributed by atoms with van der Waals surface area (Å²) in [6.07, 6.45) is 0.983. The van der Waals surface area contributed by atoms with Crippen LogP contribution in [0.15, 0.2) is 46.9 Å². The van der Waals surface area contributed by atoms with Gasteiger partial charge in [0.2, 0.25) is 0 Å². The number of ether oxygens (including phenoxy) is 1. The van der Waals surface area contributed by atoms with Crippen LogP contribution in [0.25, 0.3) is 0 Å². The molecule has 0 spiro atoms. The fourth-order valence-electron chi connectivity index (χ4n) is 2.67. The average molecular weight is 318 g/mol. The smallest absolute Gasteiger partial charge is 0.123 e. The van der Waals surface area contributed by atoms with Crippen molar-refractivity contribution in [2.45, 2.75) is 19.0 Å². The van der Waals surface area contributed by atoms with E-state index in [9.17, 15) is 0 Å². The summed E-state index contributed by atoms with van der Waals surface area (Å²) < 4.78 is 6.62. The van der Waals surface area contributed by atoms with Gasteiger partial charge in [-0.1, -0.05) is 46.3 Å². The molecule has 2 aromatic rings. The zero-order chi connectivity index (χ0) is 13.2. The molecule has 1 atom stereocenters. The Kier molecular flexibility index (Phi) is 3.58. The lowest BCUT2D eigenvalue weighted by Crippen LogP contribution is -2.29. The van der Waals surface area contributed by atoms with E-state index in [2.05, 4.69) is 57.6 Å². The Hall–Kier alpha value is -1.32. The molecule has 0 amide bonds. The third-order valence-electron chi connectivity index (χ3n) is 3.69. The summed E-state index contributed by atoms with van der Waals surface area (Å²) in [5.41, 5.74) is 3.96. The summed E-state index contributed by atoms with van der Waals surface area (Å²) in [6.45, 7) is 0.845. The van der Waals surface area contributed by atoms with Gasteiger partial charge in [-0.3, -0.25) is 0 Å². The van der Waals surface area contributed by atoms with E-state index in [1.54, 1.807) is 7.11 Å². The Labute approximate surface area is 121 Å². The number of methoxy groups -OCH3 is 1. The topological polar surface area (TPSA) is 21.3 Å². The molecule has 0 fully saturated rings. The maximum Gasteiger partial charge on any atom is 0.123 e. The van der Waals surface area contributed by atoms with Crippen LogP contribution in [0.1, 0.15) is 22.7 Å². The van der Waals surface area contributed by atoms with Crippen molar-refractivity contribution < 1.29 is 4.74 Å². The second-order valence-electron chi connectivity index (χ2n) is 4.76. The molecule has 0 saturated carbocycles. The van der Waals surface area contributed by atoms with E-state index in [1.807, 2.05) is 6.07 Å². The maximum absolute atomic E-state index is 5.45. The first-order chi connectivity index (χ1) is 9.29. The van der Waals surface area contributed by atoms with Crippen LogP contribution in [0.4, 0.5) is 0 Å². The molecule has 0 radical (unpaired) electrons. The minimum atomic E-state index is 0.372. The molecule has 98 valence electrons. The van der Waals surface area contributed by atoms with Crippen LogP contribution < -0.4 is 10.1 Å². The van der Waals surface area contributed by atoms with Crippen molar-refractivity contribution in [3.8, 4) is 5.75 Å². The number of nitrogens with one attached hydrogen (secondary N) is 1. The quantitative estimate of drug-likeness (QED) is 0.908. The van der Waals surface area contributed by atoms with Gasteiger partial charge in [-0.25, -0.2) is 0 Å². The summed E-state index contributed by atoms with van der Waals surface area (Å²) in [7, 11) is 1.73. The van der Waals surface area contributed by atoms with Gasteiger partial charge in [0.15, 0.2) is 0 Å². The molecule has 1 aliphatic heterocycles. The van der Waals surface area contributed by atoms with Gasteiger partial charge in [0.1, 0.15) is 5.75 Å². The number of benzene rings is 2. The van der Waals surface area contributed by atoms with Crippen molar-refractivity contribution in [3.05, 3.63) is 63.6 Å². The maximum atomic E-state index is 5.45. The summed E-state index contributed by atoms with van der Waals surface area (Å²) in [5, 5.41) is 3.59. The molecule has 0 bridgehead atoms. The predicted octanol–water partition coefficient (Wildman–Crippen LogP) is 3.84. The van der Waals surface area contributed by atoms with E-state index in [0.717, 1.165) is 18.7 Å². The molecule has 1 heterocycles. The van der Waals surface area contributed by atoms with Crippen LogP contribution in [0.2, 0.25) is 0 Å². The second kappa shape index (κ2) is 5.35. The third kappa shape index (κ3) is 2.40. The van der Waals surface area contributed by atoms with Gasteiger partial charge in [0.05, 0.1) is 7.11 Å². The Bertz CT molecular complexity index is 583. The first-order valence-electron chi connectivity index (χ1n) is 6.42. The SMILES string of the molecule is COc1ccc(Br)c2c1CNC(c1ccccc1)C2. The van der Waals surface area contributed by atoms with Gasteiger partial charge in [0, 0.05) is 22.6 Å². The highest BCUT2D eigenvalue weighted by Crippen LogP contribution is 2.35. The molecular formula is C16H16BrNO. The van der Waals surface area contributed by atoms with Gasteiger partial charge >= 0.3 is 0 Å². The van der Waals surface area contributed by atoms with Crippen LogP contribution in [-0.2, 0) is 13.0 Å². The molecule has 1 N–H and O–H groups in total. The lowest BCUT2D eigenvalue weighted by molar-refractivity contribution is 0.397. The number of hydrogen-bond donors (Lipinski definition) is 1. The second-order valence-corrected chi connectivity index (χ2v) is 5.61. The Morgan fingerprint density at radius 2 is 1.89 bits per heavy atom. The average Bonchev–Trinajstić information content (AvgIpc) is 2.48. The first kappa shape index (κ1) is 12.7. The molecule has 0 aliphatic carbocycles. The summed E-state index contributed by atoms with van der Waals surface area (Å²) in [5.74, 6) is 0.970. The fraction of sp³-hybridized carbons (Fsp3) is 0.250. The molecule has 3 rings (SSSR count). The summed E-state index contributed by atoms with van der Waals surface area (Å²) in [4.78, 5) is 0. The van der Waals surface area contributed by atoms with Crippen molar-refractivity contribution in [1.82, 2.24) is 5.32 Å². The Morgan fingerprint density at radius 3 is 2.63 bits per heavy atom. The normalized spacial score (nSPS) is 17.9. The van der Waals surface area contributed by atoms with E-state index < -0.39 is 0 Å². The highest BCUT2D eigenvalue weighted by molar-refractivity contribution is 9.10. The van der Waals surface area contributed by atoms with Gasteiger partial charge < -0.3 is 10.1 Å². The van der Waals surface area contributed by atoms with E-state index in [-0.39, 0.29) is 0 Å². The van der Waals surface area contributed by atoms with Crippen molar-refractivity contribution in [1.29, 1.82) is 0 Å². The molecule has 2 aromatic carbocycles. The molecule has 19 heavy (non-hydrogen) atoms. The third-order valence-corrected chi connectivity index (χ3v) is 4.43. The van der Waals surface area contributed by atoms with E-state index >= 15 is 0 Å². The monoisotopic (exact) mass is 317 g/mol. The van der Waals surface area contributed by atoms with Crippen molar-refractivity contribution in [3.63, 3.8) is 0 Å². The van der Waals surface area contributed by atoms with Crippen molar-refractivity contribution in [2.75, 3.05) is 7.11 Å². The lowest BCUT2D eigenvalue weighted by atomic mass is 9.91. The standard InChI is InChI=1S/C16H16BrNO/c1-19-16-8-7-14(17)12-9-15(18-10-13(12)16)11-5-3-2-4-6-11/h2-8,15,18H,9-10H2,1H3.